The molecule has 6 heteroatoms. The van der Waals surface area contributed by atoms with E-state index in [0.29, 0.717) is 29.6 Å². The van der Waals surface area contributed by atoms with Crippen LogP contribution in [0.15, 0.2) is 17.9 Å². The van der Waals surface area contributed by atoms with Gasteiger partial charge in [0.15, 0.2) is 11.5 Å². The summed E-state index contributed by atoms with van der Waals surface area (Å²) in [4.78, 5) is 2.36. The van der Waals surface area contributed by atoms with E-state index < -0.39 is 11.5 Å². The summed E-state index contributed by atoms with van der Waals surface area (Å²) in [5.74, 6) is 1.38. The largest absolute Gasteiger partial charge is 0.504 e. The van der Waals surface area contributed by atoms with Crippen molar-refractivity contribution in [1.29, 1.82) is 0 Å². The molecule has 0 amide bonds. The van der Waals surface area contributed by atoms with Crippen LogP contribution in [-0.2, 0) is 16.6 Å². The Kier molecular flexibility index (Phi) is 4.37. The van der Waals surface area contributed by atoms with Crippen LogP contribution in [0, 0.1) is 5.92 Å². The normalized spacial score (nSPS) is 33.1. The van der Waals surface area contributed by atoms with Gasteiger partial charge in [0.05, 0.1) is 13.7 Å². The molecule has 3 aliphatic rings. The second kappa shape index (κ2) is 6.32. The Morgan fingerprint density at radius 1 is 1.42 bits per heavy atom. The molecule has 1 unspecified atom stereocenters. The summed E-state index contributed by atoms with van der Waals surface area (Å²) in [5.41, 5.74) is 1.46. The third kappa shape index (κ3) is 2.37. The smallest absolute Gasteiger partial charge is 0.162 e. The number of allylic oxidation sites excluding steroid dienone is 1. The van der Waals surface area contributed by atoms with Crippen molar-refractivity contribution in [3.05, 3.63) is 34.1 Å². The van der Waals surface area contributed by atoms with Gasteiger partial charge in [-0.1, -0.05) is 11.6 Å². The van der Waals surface area contributed by atoms with E-state index in [9.17, 15) is 10.2 Å². The Bertz CT molecular complexity index is 765. The minimum atomic E-state index is -0.605. The van der Waals surface area contributed by atoms with Crippen LogP contribution in [-0.4, -0.2) is 54.6 Å². The zero-order valence-corrected chi connectivity index (χ0v) is 16.2. The number of piperidine rings is 1. The zero-order valence-electron chi connectivity index (χ0n) is 15.5. The summed E-state index contributed by atoms with van der Waals surface area (Å²) in [6.45, 7) is 3.34. The molecule has 5 nitrogen and oxygen atoms in total. The summed E-state index contributed by atoms with van der Waals surface area (Å²) in [6.07, 6.45) is 3.68. The molecule has 1 aliphatic heterocycles. The van der Waals surface area contributed by atoms with E-state index in [0.717, 1.165) is 30.5 Å². The quantitative estimate of drug-likeness (QED) is 0.845. The second-order valence-electron chi connectivity index (χ2n) is 7.64. The van der Waals surface area contributed by atoms with Gasteiger partial charge in [-0.15, -0.1) is 0 Å². The summed E-state index contributed by atoms with van der Waals surface area (Å²) in [7, 11) is 3.67. The van der Waals surface area contributed by atoms with Gasteiger partial charge in [-0.05, 0) is 57.3 Å². The number of nitrogens with zero attached hydrogens (tertiary/aromatic N) is 1. The molecule has 1 fully saturated rings. The molecule has 4 rings (SSSR count). The topological polar surface area (TPSA) is 62.2 Å². The van der Waals surface area contributed by atoms with Crippen LogP contribution in [0.2, 0.25) is 5.02 Å². The number of phenolic OH excluding ortho intramolecular Hbond substituents is 1. The van der Waals surface area contributed by atoms with Gasteiger partial charge < -0.3 is 24.6 Å². The highest BCUT2D eigenvalue weighted by Crippen LogP contribution is 2.59. The lowest BCUT2D eigenvalue weighted by Gasteiger charge is -2.57. The second-order valence-corrected chi connectivity index (χ2v) is 8.05. The van der Waals surface area contributed by atoms with E-state index in [2.05, 4.69) is 18.0 Å². The minimum Gasteiger partial charge on any atom is -0.504 e. The Morgan fingerprint density at radius 3 is 2.88 bits per heavy atom. The molecule has 0 radical (unpaired) electrons. The number of ether oxygens (including phenoxy) is 2. The molecular formula is C20H26ClNO4. The monoisotopic (exact) mass is 379 g/mol. The van der Waals surface area contributed by atoms with Gasteiger partial charge in [-0.3, -0.25) is 0 Å². The highest BCUT2D eigenvalue weighted by atomic mass is 35.5. The van der Waals surface area contributed by atoms with Gasteiger partial charge in [0.25, 0.3) is 0 Å². The maximum atomic E-state index is 11.0. The Hall–Kier alpha value is -1.43. The van der Waals surface area contributed by atoms with Crippen molar-refractivity contribution in [3.8, 4) is 11.5 Å². The first-order valence-electron chi connectivity index (χ1n) is 9.25. The van der Waals surface area contributed by atoms with Crippen molar-refractivity contribution in [3.63, 3.8) is 0 Å². The van der Waals surface area contributed by atoms with Crippen LogP contribution >= 0.6 is 11.6 Å². The number of likely N-dealkylation sites (tertiary alicyclic amines) is 1. The third-order valence-electron chi connectivity index (χ3n) is 6.50. The average Bonchev–Trinajstić information content (AvgIpc) is 2.61. The van der Waals surface area contributed by atoms with Gasteiger partial charge in [0.2, 0.25) is 0 Å². The van der Waals surface area contributed by atoms with Crippen LogP contribution < -0.4 is 4.74 Å². The third-order valence-corrected chi connectivity index (χ3v) is 6.84. The van der Waals surface area contributed by atoms with E-state index in [-0.39, 0.29) is 17.7 Å². The van der Waals surface area contributed by atoms with Crippen molar-refractivity contribution in [2.45, 2.75) is 43.7 Å². The van der Waals surface area contributed by atoms with Crippen LogP contribution in [0.5, 0.6) is 11.5 Å². The first-order valence-corrected chi connectivity index (χ1v) is 9.63. The summed E-state index contributed by atoms with van der Waals surface area (Å²) >= 11 is 6.60. The Balaban J connectivity index is 2.00. The number of aromatic hydroxyl groups is 1. The van der Waals surface area contributed by atoms with Crippen molar-refractivity contribution in [1.82, 2.24) is 4.90 Å². The summed E-state index contributed by atoms with van der Waals surface area (Å²) < 4.78 is 11.1. The number of benzene rings is 1. The summed E-state index contributed by atoms with van der Waals surface area (Å²) in [5, 5.41) is 22.3. The van der Waals surface area contributed by atoms with E-state index in [1.165, 1.54) is 0 Å². The van der Waals surface area contributed by atoms with Crippen LogP contribution in [0.4, 0.5) is 0 Å². The van der Waals surface area contributed by atoms with Gasteiger partial charge in [0, 0.05) is 28.1 Å². The minimum absolute atomic E-state index is 0.170. The highest BCUT2D eigenvalue weighted by molar-refractivity contribution is 6.31. The van der Waals surface area contributed by atoms with Gasteiger partial charge in [0.1, 0.15) is 11.9 Å². The predicted molar refractivity (Wildman–Crippen MR) is 99.9 cm³/mol. The lowest BCUT2D eigenvalue weighted by Crippen LogP contribution is -2.60. The lowest BCUT2D eigenvalue weighted by molar-refractivity contribution is -0.00916. The highest BCUT2D eigenvalue weighted by Gasteiger charge is 2.56. The number of methoxy groups -OCH3 is 1. The van der Waals surface area contributed by atoms with E-state index in [1.54, 1.807) is 13.2 Å². The number of aliphatic hydroxyl groups excluding tert-OH is 1. The first kappa shape index (κ1) is 18.0. The SMILES string of the molecule is CCOC1=C[C@]23CCN(C)[C@H](Cc4c(Cl)cc(OC)c(O)c42)[C@@H]3CC1O. The van der Waals surface area contributed by atoms with Crippen LogP contribution in [0.1, 0.15) is 30.9 Å². The number of rotatable bonds is 3. The molecule has 2 aliphatic carbocycles. The maximum absolute atomic E-state index is 11.0. The van der Waals surface area contributed by atoms with E-state index >= 15 is 0 Å². The summed E-state index contributed by atoms with van der Waals surface area (Å²) in [6, 6.07) is 1.98. The molecule has 1 saturated heterocycles. The predicted octanol–water partition coefficient (Wildman–Crippen LogP) is 2.85. The fourth-order valence-corrected chi connectivity index (χ4v) is 5.59. The fourth-order valence-electron chi connectivity index (χ4n) is 5.32. The molecule has 0 spiro atoms. The number of fused-ring (bicyclic) bond motifs is 1. The number of phenols is 1. The van der Waals surface area contributed by atoms with Crippen molar-refractivity contribution >= 4 is 11.6 Å². The van der Waals surface area contributed by atoms with Crippen molar-refractivity contribution < 1.29 is 19.7 Å². The van der Waals surface area contributed by atoms with E-state index in [1.807, 2.05) is 6.92 Å². The number of aliphatic hydroxyl groups is 1. The zero-order chi connectivity index (χ0) is 18.6. The number of likely N-dealkylation sites (N-methyl/N-ethyl adjacent to an activating group) is 1. The molecule has 26 heavy (non-hydrogen) atoms. The molecule has 2 bridgehead atoms. The molecule has 0 aromatic heterocycles. The molecule has 4 atom stereocenters. The first-order chi connectivity index (χ1) is 12.4. The molecule has 142 valence electrons. The van der Waals surface area contributed by atoms with Crippen LogP contribution in [0.3, 0.4) is 0 Å². The lowest BCUT2D eigenvalue weighted by atomic mass is 9.53. The number of halogens is 1. The number of hydrogen-bond donors (Lipinski definition) is 2. The molecule has 2 N–H and O–H groups in total. The standard InChI is InChI=1S/C20H26ClNO4/c1-4-26-17-10-20-5-6-22(2)14(12(20)8-15(17)23)7-11-13(21)9-16(25-3)19(24)18(11)20/h9-10,12,14-15,23-24H,4-8H2,1-3H3/t12-,14+,15?,20-/m0/s1. The van der Waals surface area contributed by atoms with Crippen molar-refractivity contribution in [2.24, 2.45) is 5.92 Å². The molecule has 1 aromatic rings. The molecular weight excluding hydrogens is 354 g/mol. The Morgan fingerprint density at radius 2 is 2.19 bits per heavy atom. The molecule has 1 aromatic carbocycles. The van der Waals surface area contributed by atoms with Gasteiger partial charge in [-0.2, -0.15) is 0 Å². The van der Waals surface area contributed by atoms with Gasteiger partial charge >= 0.3 is 0 Å². The van der Waals surface area contributed by atoms with Gasteiger partial charge in [-0.25, -0.2) is 0 Å². The number of hydrogen-bond acceptors (Lipinski definition) is 5. The van der Waals surface area contributed by atoms with Crippen LogP contribution in [0.25, 0.3) is 0 Å². The maximum Gasteiger partial charge on any atom is 0.162 e. The molecule has 0 saturated carbocycles. The Labute approximate surface area is 159 Å². The fraction of sp³-hybridized carbons (Fsp3) is 0.600. The van der Waals surface area contributed by atoms with E-state index in [4.69, 9.17) is 21.1 Å². The average molecular weight is 380 g/mol. The molecule has 1 heterocycles. The van der Waals surface area contributed by atoms with Crippen molar-refractivity contribution in [2.75, 3.05) is 27.3 Å².